The van der Waals surface area contributed by atoms with E-state index in [9.17, 15) is 9.59 Å². The summed E-state index contributed by atoms with van der Waals surface area (Å²) in [5.41, 5.74) is 0. The van der Waals surface area contributed by atoms with Gasteiger partial charge < -0.3 is 15.1 Å². The Morgan fingerprint density at radius 3 is 2.50 bits per heavy atom. The van der Waals surface area contributed by atoms with Gasteiger partial charge in [0.25, 0.3) is 0 Å². The van der Waals surface area contributed by atoms with Crippen molar-refractivity contribution in [2.75, 3.05) is 19.7 Å². The number of aliphatic hydroxyl groups excluding tert-OH is 1. The summed E-state index contributed by atoms with van der Waals surface area (Å²) in [6.45, 7) is -0.508. The highest BCUT2D eigenvalue weighted by Crippen LogP contribution is 1.79. The van der Waals surface area contributed by atoms with Gasteiger partial charge in [0.2, 0.25) is 6.41 Å². The molecule has 0 aliphatic heterocycles. The lowest BCUT2D eigenvalue weighted by Gasteiger charge is -2.11. The van der Waals surface area contributed by atoms with Gasteiger partial charge in [-0.2, -0.15) is 0 Å². The number of nitrogens with zero attached hydrogens (tertiary/aromatic N) is 1. The second-order valence-electron chi connectivity index (χ2n) is 1.69. The minimum absolute atomic E-state index is 0.0653. The van der Waals surface area contributed by atoms with E-state index < -0.39 is 5.97 Å². The lowest BCUT2D eigenvalue weighted by atomic mass is 10.5. The Kier molecular flexibility index (Phi) is 4.23. The van der Waals surface area contributed by atoms with Crippen LogP contribution in [0.1, 0.15) is 0 Å². The molecule has 0 fully saturated rings. The molecule has 0 rings (SSSR count). The van der Waals surface area contributed by atoms with Crippen LogP contribution in [-0.4, -0.2) is 47.2 Å². The lowest BCUT2D eigenvalue weighted by Crippen LogP contribution is -2.30. The first-order valence-corrected chi connectivity index (χ1v) is 2.72. The van der Waals surface area contributed by atoms with E-state index in [2.05, 4.69) is 0 Å². The molecule has 0 bridgehead atoms. The van der Waals surface area contributed by atoms with E-state index in [1.807, 2.05) is 0 Å². The van der Waals surface area contributed by atoms with Crippen molar-refractivity contribution in [3.05, 3.63) is 0 Å². The Labute approximate surface area is 57.9 Å². The molecule has 0 spiro atoms. The topological polar surface area (TPSA) is 77.8 Å². The van der Waals surface area contributed by atoms with Crippen LogP contribution in [0.4, 0.5) is 0 Å². The Morgan fingerprint density at radius 2 is 2.20 bits per heavy atom. The molecule has 1 amide bonds. The van der Waals surface area contributed by atoms with Crippen LogP contribution >= 0.6 is 0 Å². The molecule has 0 aliphatic carbocycles. The molecule has 0 unspecified atom stereocenters. The number of amides is 1. The number of carbonyl (C=O) groups is 2. The molecule has 0 heterocycles. The van der Waals surface area contributed by atoms with Crippen LogP contribution in [0.15, 0.2) is 0 Å². The SMILES string of the molecule is O=CN(CCO)CC(=O)O. The maximum absolute atomic E-state index is 9.98. The first-order chi connectivity index (χ1) is 4.70. The van der Waals surface area contributed by atoms with Crippen LogP contribution in [0.25, 0.3) is 0 Å². The molecule has 5 heteroatoms. The minimum Gasteiger partial charge on any atom is -0.480 e. The van der Waals surface area contributed by atoms with E-state index in [4.69, 9.17) is 10.2 Å². The molecule has 0 aromatic carbocycles. The minimum atomic E-state index is -1.08. The standard InChI is InChI=1S/C5H9NO4/c7-2-1-6(4-8)3-5(9)10/h4,7H,1-3H2,(H,9,10). The van der Waals surface area contributed by atoms with E-state index >= 15 is 0 Å². The Balaban J connectivity index is 3.59. The zero-order chi connectivity index (χ0) is 7.98. The molecule has 58 valence electrons. The third-order valence-electron chi connectivity index (χ3n) is 0.875. The number of aliphatic hydroxyl groups is 1. The maximum Gasteiger partial charge on any atom is 0.323 e. The first-order valence-electron chi connectivity index (χ1n) is 2.72. The van der Waals surface area contributed by atoms with Gasteiger partial charge in [-0.15, -0.1) is 0 Å². The van der Waals surface area contributed by atoms with E-state index in [0.717, 1.165) is 4.90 Å². The highest BCUT2D eigenvalue weighted by molar-refractivity contribution is 5.71. The van der Waals surface area contributed by atoms with Gasteiger partial charge in [0.05, 0.1) is 6.61 Å². The summed E-state index contributed by atoms with van der Waals surface area (Å²) in [6, 6.07) is 0. The summed E-state index contributed by atoms with van der Waals surface area (Å²) in [4.78, 5) is 20.9. The largest absolute Gasteiger partial charge is 0.480 e. The summed E-state index contributed by atoms with van der Waals surface area (Å²) < 4.78 is 0. The van der Waals surface area contributed by atoms with Gasteiger partial charge >= 0.3 is 5.97 Å². The van der Waals surface area contributed by atoms with Crippen molar-refractivity contribution in [1.29, 1.82) is 0 Å². The number of aliphatic carboxylic acids is 1. The fraction of sp³-hybridized carbons (Fsp3) is 0.600. The van der Waals surface area contributed by atoms with Crippen molar-refractivity contribution >= 4 is 12.4 Å². The molecular weight excluding hydrogens is 138 g/mol. The van der Waals surface area contributed by atoms with Gasteiger partial charge in [0, 0.05) is 6.54 Å². The molecule has 0 atom stereocenters. The van der Waals surface area contributed by atoms with Gasteiger partial charge in [-0.3, -0.25) is 9.59 Å². The normalized spacial score (nSPS) is 8.90. The first kappa shape index (κ1) is 8.90. The number of rotatable bonds is 5. The van der Waals surface area contributed by atoms with Crippen molar-refractivity contribution in [2.24, 2.45) is 0 Å². The average Bonchev–Trinajstić information content (AvgIpc) is 1.86. The molecule has 0 aromatic heterocycles. The number of carboxylic acids is 1. The van der Waals surface area contributed by atoms with E-state index in [-0.39, 0.29) is 19.7 Å². The van der Waals surface area contributed by atoms with E-state index in [1.165, 1.54) is 0 Å². The van der Waals surface area contributed by atoms with Crippen LogP contribution in [0.5, 0.6) is 0 Å². The summed E-state index contributed by atoms with van der Waals surface area (Å²) in [7, 11) is 0. The zero-order valence-electron chi connectivity index (χ0n) is 5.36. The van der Waals surface area contributed by atoms with Crippen molar-refractivity contribution in [2.45, 2.75) is 0 Å². The third-order valence-corrected chi connectivity index (χ3v) is 0.875. The number of carbonyl (C=O) groups excluding carboxylic acids is 1. The second kappa shape index (κ2) is 4.75. The molecular formula is C5H9NO4. The highest BCUT2D eigenvalue weighted by Gasteiger charge is 2.04. The summed E-state index contributed by atoms with van der Waals surface area (Å²) in [5.74, 6) is -1.08. The molecule has 0 radical (unpaired) electrons. The van der Waals surface area contributed by atoms with E-state index in [0.29, 0.717) is 6.41 Å². The highest BCUT2D eigenvalue weighted by atomic mass is 16.4. The smallest absolute Gasteiger partial charge is 0.323 e. The number of carboxylic acid groups (broad SMARTS) is 1. The third kappa shape index (κ3) is 3.85. The summed E-state index contributed by atoms with van der Waals surface area (Å²) in [6.07, 6.45) is 0.393. The fourth-order valence-corrected chi connectivity index (χ4v) is 0.471. The Hall–Kier alpha value is -1.10. The van der Waals surface area contributed by atoms with E-state index in [1.54, 1.807) is 0 Å². The average molecular weight is 147 g/mol. The van der Waals surface area contributed by atoms with Crippen molar-refractivity contribution in [3.63, 3.8) is 0 Å². The summed E-state index contributed by atoms with van der Waals surface area (Å²) >= 11 is 0. The summed E-state index contributed by atoms with van der Waals surface area (Å²) in [5, 5.41) is 16.4. The number of hydrogen-bond donors (Lipinski definition) is 2. The molecule has 0 aromatic rings. The van der Waals surface area contributed by atoms with Gasteiger partial charge in [-0.1, -0.05) is 0 Å². The molecule has 10 heavy (non-hydrogen) atoms. The quantitative estimate of drug-likeness (QED) is 0.465. The van der Waals surface area contributed by atoms with Crippen molar-refractivity contribution < 1.29 is 19.8 Å². The van der Waals surface area contributed by atoms with Gasteiger partial charge in [0.1, 0.15) is 6.54 Å². The molecule has 5 nitrogen and oxygen atoms in total. The predicted molar refractivity (Wildman–Crippen MR) is 32.4 cm³/mol. The van der Waals surface area contributed by atoms with Crippen LogP contribution in [-0.2, 0) is 9.59 Å². The lowest BCUT2D eigenvalue weighted by molar-refractivity contribution is -0.141. The van der Waals surface area contributed by atoms with Crippen LogP contribution in [0.3, 0.4) is 0 Å². The van der Waals surface area contributed by atoms with Crippen molar-refractivity contribution in [1.82, 2.24) is 4.90 Å². The Bertz CT molecular complexity index is 125. The number of hydrogen-bond acceptors (Lipinski definition) is 3. The maximum atomic E-state index is 9.98. The van der Waals surface area contributed by atoms with Gasteiger partial charge in [-0.05, 0) is 0 Å². The van der Waals surface area contributed by atoms with Crippen LogP contribution < -0.4 is 0 Å². The molecule has 2 N–H and O–H groups in total. The van der Waals surface area contributed by atoms with Crippen LogP contribution in [0.2, 0.25) is 0 Å². The predicted octanol–water partition coefficient (Wildman–Crippen LogP) is -1.48. The van der Waals surface area contributed by atoms with Crippen LogP contribution in [0, 0.1) is 0 Å². The zero-order valence-corrected chi connectivity index (χ0v) is 5.36. The molecule has 0 aliphatic rings. The van der Waals surface area contributed by atoms with Gasteiger partial charge in [0.15, 0.2) is 0 Å². The second-order valence-corrected chi connectivity index (χ2v) is 1.69. The fourth-order valence-electron chi connectivity index (χ4n) is 0.471. The molecule has 0 saturated carbocycles. The monoisotopic (exact) mass is 147 g/mol. The Morgan fingerprint density at radius 1 is 1.60 bits per heavy atom. The van der Waals surface area contributed by atoms with Gasteiger partial charge in [-0.25, -0.2) is 0 Å². The van der Waals surface area contributed by atoms with Crippen molar-refractivity contribution in [3.8, 4) is 0 Å². The molecule has 0 saturated heterocycles.